The summed E-state index contributed by atoms with van der Waals surface area (Å²) < 4.78 is 11.3. The second-order valence-corrected chi connectivity index (χ2v) is 8.54. The summed E-state index contributed by atoms with van der Waals surface area (Å²) in [6.07, 6.45) is 1.43. The minimum atomic E-state index is -0.260. The van der Waals surface area contributed by atoms with Crippen LogP contribution in [0.15, 0.2) is 95.6 Å². The summed E-state index contributed by atoms with van der Waals surface area (Å²) in [4.78, 5) is 19.6. The van der Waals surface area contributed by atoms with E-state index in [-0.39, 0.29) is 23.7 Å². The van der Waals surface area contributed by atoms with Crippen molar-refractivity contribution in [2.75, 3.05) is 7.11 Å². The number of aromatic nitrogens is 1. The van der Waals surface area contributed by atoms with Gasteiger partial charge in [0.2, 0.25) is 5.89 Å². The van der Waals surface area contributed by atoms with E-state index in [9.17, 15) is 4.79 Å². The van der Waals surface area contributed by atoms with E-state index in [1.165, 1.54) is 11.8 Å². The average Bonchev–Trinajstić information content (AvgIpc) is 3.38. The average molecular weight is 470 g/mol. The number of ether oxygens (including phenoxy) is 1. The van der Waals surface area contributed by atoms with E-state index in [1.807, 2.05) is 73.7 Å². The molecule has 0 saturated heterocycles. The molecule has 1 amide bonds. The lowest BCUT2D eigenvalue weighted by atomic mass is 10.1. The Morgan fingerprint density at radius 3 is 2.23 bits per heavy atom. The molecular weight excluding hydrogens is 438 g/mol. The van der Waals surface area contributed by atoms with E-state index < -0.39 is 0 Å². The maximum absolute atomic E-state index is 12.8. The predicted molar refractivity (Wildman–Crippen MR) is 136 cm³/mol. The SMILES string of the molecule is COc1ccccc1CN(Cc1nc(C(=O)N[C@@H](C)c2ccccc2)co1)[C@@H](C)c1ccccc1. The number of hydrogen-bond donors (Lipinski definition) is 1. The number of carbonyl (C=O) groups is 1. The molecule has 0 bridgehead atoms. The fourth-order valence-corrected chi connectivity index (χ4v) is 4.08. The first kappa shape index (κ1) is 24.2. The highest BCUT2D eigenvalue weighted by Gasteiger charge is 2.22. The van der Waals surface area contributed by atoms with E-state index in [0.717, 1.165) is 16.9 Å². The number of nitrogens with one attached hydrogen (secondary N) is 1. The van der Waals surface area contributed by atoms with Crippen molar-refractivity contribution in [1.29, 1.82) is 0 Å². The number of oxazole rings is 1. The van der Waals surface area contributed by atoms with Crippen molar-refractivity contribution < 1.29 is 13.9 Å². The van der Waals surface area contributed by atoms with Crippen LogP contribution in [0.5, 0.6) is 5.75 Å². The molecule has 4 aromatic rings. The van der Waals surface area contributed by atoms with E-state index >= 15 is 0 Å². The second kappa shape index (κ2) is 11.5. The summed E-state index contributed by atoms with van der Waals surface area (Å²) >= 11 is 0. The van der Waals surface area contributed by atoms with Crippen molar-refractivity contribution in [2.45, 2.75) is 39.0 Å². The molecule has 0 spiro atoms. The number of rotatable bonds is 10. The Morgan fingerprint density at radius 1 is 0.914 bits per heavy atom. The van der Waals surface area contributed by atoms with Crippen LogP contribution in [0.3, 0.4) is 0 Å². The lowest BCUT2D eigenvalue weighted by Gasteiger charge is -2.29. The van der Waals surface area contributed by atoms with Crippen molar-refractivity contribution in [3.8, 4) is 5.75 Å². The Bertz CT molecular complexity index is 1220. The van der Waals surface area contributed by atoms with Crippen molar-refractivity contribution in [2.24, 2.45) is 0 Å². The predicted octanol–water partition coefficient (Wildman–Crippen LogP) is 5.94. The van der Waals surface area contributed by atoms with Crippen molar-refractivity contribution in [3.63, 3.8) is 0 Å². The van der Waals surface area contributed by atoms with Gasteiger partial charge in [0.1, 0.15) is 12.0 Å². The summed E-state index contributed by atoms with van der Waals surface area (Å²) in [5.74, 6) is 1.06. The minimum absolute atomic E-state index is 0.0865. The van der Waals surface area contributed by atoms with Gasteiger partial charge in [-0.05, 0) is 31.0 Å². The zero-order valence-corrected chi connectivity index (χ0v) is 20.3. The lowest BCUT2D eigenvalue weighted by molar-refractivity contribution is 0.0934. The summed E-state index contributed by atoms with van der Waals surface area (Å²) in [7, 11) is 1.68. The Kier molecular flexibility index (Phi) is 7.95. The van der Waals surface area contributed by atoms with E-state index in [1.54, 1.807) is 7.11 Å². The number of hydrogen-bond acceptors (Lipinski definition) is 5. The maximum Gasteiger partial charge on any atom is 0.273 e. The molecule has 0 aliphatic heterocycles. The third-order valence-electron chi connectivity index (χ3n) is 6.17. The number of carbonyl (C=O) groups excluding carboxylic acids is 1. The van der Waals surface area contributed by atoms with Crippen LogP contribution in [0.2, 0.25) is 0 Å². The molecule has 0 saturated carbocycles. The van der Waals surface area contributed by atoms with Crippen LogP contribution < -0.4 is 10.1 Å². The van der Waals surface area contributed by atoms with Crippen LogP contribution in [0.4, 0.5) is 0 Å². The highest BCUT2D eigenvalue weighted by Crippen LogP contribution is 2.27. The monoisotopic (exact) mass is 469 g/mol. The molecule has 3 aromatic carbocycles. The van der Waals surface area contributed by atoms with Gasteiger partial charge < -0.3 is 14.5 Å². The van der Waals surface area contributed by atoms with E-state index in [4.69, 9.17) is 9.15 Å². The van der Waals surface area contributed by atoms with Gasteiger partial charge in [0, 0.05) is 18.2 Å². The van der Waals surface area contributed by atoms with Crippen molar-refractivity contribution in [3.05, 3.63) is 119 Å². The van der Waals surface area contributed by atoms with Crippen molar-refractivity contribution >= 4 is 5.91 Å². The van der Waals surface area contributed by atoms with Gasteiger partial charge in [-0.25, -0.2) is 4.98 Å². The molecule has 4 rings (SSSR count). The molecular formula is C29H31N3O3. The largest absolute Gasteiger partial charge is 0.496 e. The Balaban J connectivity index is 1.51. The molecule has 6 heteroatoms. The smallest absolute Gasteiger partial charge is 0.273 e. The Labute approximate surface area is 206 Å². The van der Waals surface area contributed by atoms with Gasteiger partial charge in [0.05, 0.1) is 19.7 Å². The Hall–Kier alpha value is -3.90. The molecule has 0 radical (unpaired) electrons. The Morgan fingerprint density at radius 2 is 1.54 bits per heavy atom. The van der Waals surface area contributed by atoms with Crippen LogP contribution >= 0.6 is 0 Å². The van der Waals surface area contributed by atoms with Crippen molar-refractivity contribution in [1.82, 2.24) is 15.2 Å². The number of benzene rings is 3. The van der Waals surface area contributed by atoms with Gasteiger partial charge >= 0.3 is 0 Å². The van der Waals surface area contributed by atoms with E-state index in [0.29, 0.717) is 19.0 Å². The molecule has 1 N–H and O–H groups in total. The topological polar surface area (TPSA) is 67.6 Å². The molecule has 1 aromatic heterocycles. The molecule has 0 fully saturated rings. The molecule has 6 nitrogen and oxygen atoms in total. The molecule has 35 heavy (non-hydrogen) atoms. The van der Waals surface area contributed by atoms with Crippen LogP contribution in [-0.2, 0) is 13.1 Å². The fourth-order valence-electron chi connectivity index (χ4n) is 4.08. The molecule has 180 valence electrons. The standard InChI is InChI=1S/C29H31N3O3/c1-21(23-12-6-4-7-13-23)30-29(33)26-20-35-28(31-26)19-32(22(2)24-14-8-5-9-15-24)18-25-16-10-11-17-27(25)34-3/h4-17,20-22H,18-19H2,1-3H3,(H,30,33)/t21-,22-/m0/s1. The molecule has 0 aliphatic rings. The fraction of sp³-hybridized carbons (Fsp3) is 0.241. The van der Waals surface area contributed by atoms with Gasteiger partial charge in [-0.2, -0.15) is 0 Å². The summed E-state index contributed by atoms with van der Waals surface area (Å²) in [5.41, 5.74) is 3.55. The quantitative estimate of drug-likeness (QED) is 0.311. The first-order valence-corrected chi connectivity index (χ1v) is 11.8. The number of nitrogens with zero attached hydrogens (tertiary/aromatic N) is 2. The van der Waals surface area contributed by atoms with Gasteiger partial charge in [-0.3, -0.25) is 9.69 Å². The van der Waals surface area contributed by atoms with Gasteiger partial charge in [-0.1, -0.05) is 78.9 Å². The maximum atomic E-state index is 12.8. The zero-order valence-electron chi connectivity index (χ0n) is 20.3. The third kappa shape index (κ3) is 6.16. The first-order chi connectivity index (χ1) is 17.0. The number of para-hydroxylation sites is 1. The highest BCUT2D eigenvalue weighted by atomic mass is 16.5. The normalized spacial score (nSPS) is 12.8. The van der Waals surface area contributed by atoms with Gasteiger partial charge in [-0.15, -0.1) is 0 Å². The number of methoxy groups -OCH3 is 1. The molecule has 0 aliphatic carbocycles. The van der Waals surface area contributed by atoms with Gasteiger partial charge in [0.15, 0.2) is 5.69 Å². The molecule has 2 atom stereocenters. The lowest BCUT2D eigenvalue weighted by Crippen LogP contribution is -2.28. The third-order valence-corrected chi connectivity index (χ3v) is 6.17. The summed E-state index contributed by atoms with van der Waals surface area (Å²) in [6.45, 7) is 5.18. The second-order valence-electron chi connectivity index (χ2n) is 8.54. The first-order valence-electron chi connectivity index (χ1n) is 11.8. The van der Waals surface area contributed by atoms with Crippen LogP contribution in [0, 0.1) is 0 Å². The van der Waals surface area contributed by atoms with Crippen LogP contribution in [0.25, 0.3) is 0 Å². The molecule has 1 heterocycles. The number of amides is 1. The van der Waals surface area contributed by atoms with Gasteiger partial charge in [0.25, 0.3) is 5.91 Å². The van der Waals surface area contributed by atoms with Crippen LogP contribution in [-0.4, -0.2) is 22.9 Å². The zero-order chi connectivity index (χ0) is 24.6. The van der Waals surface area contributed by atoms with Crippen LogP contribution in [0.1, 0.15) is 59.0 Å². The molecule has 0 unspecified atom stereocenters. The van der Waals surface area contributed by atoms with E-state index in [2.05, 4.69) is 40.3 Å². The highest BCUT2D eigenvalue weighted by molar-refractivity contribution is 5.92. The minimum Gasteiger partial charge on any atom is -0.496 e. The summed E-state index contributed by atoms with van der Waals surface area (Å²) in [6, 6.07) is 28.1. The summed E-state index contributed by atoms with van der Waals surface area (Å²) in [5, 5.41) is 2.99.